The maximum Gasteiger partial charge on any atom is 0.231 e. The van der Waals surface area contributed by atoms with Gasteiger partial charge in [0.1, 0.15) is 0 Å². The number of carbonyl (C=O) groups excluding carboxylic acids is 1. The van der Waals surface area contributed by atoms with Crippen LogP contribution in [-0.4, -0.2) is 36.7 Å². The monoisotopic (exact) mass is 344 g/mol. The van der Waals surface area contributed by atoms with Crippen LogP contribution < -0.4 is 14.8 Å². The Kier molecular flexibility index (Phi) is 5.11. The van der Waals surface area contributed by atoms with Crippen molar-refractivity contribution in [1.82, 2.24) is 10.2 Å². The number of benzene rings is 1. The van der Waals surface area contributed by atoms with Crippen LogP contribution in [0.3, 0.4) is 0 Å². The Morgan fingerprint density at radius 3 is 2.68 bits per heavy atom. The fraction of sp³-hybridized carbons (Fsp3) is 0.650. The molecule has 0 atom stereocenters. The van der Waals surface area contributed by atoms with Crippen LogP contribution in [0.1, 0.15) is 50.5 Å². The molecule has 25 heavy (non-hydrogen) atoms. The Morgan fingerprint density at radius 2 is 1.88 bits per heavy atom. The van der Waals surface area contributed by atoms with Crippen molar-refractivity contribution < 1.29 is 14.3 Å². The number of rotatable bonds is 4. The first kappa shape index (κ1) is 16.7. The third kappa shape index (κ3) is 3.76. The maximum atomic E-state index is 12.6. The Balaban J connectivity index is 1.25. The summed E-state index contributed by atoms with van der Waals surface area (Å²) in [5.41, 5.74) is 1.15. The lowest BCUT2D eigenvalue weighted by atomic mass is 9.87. The van der Waals surface area contributed by atoms with E-state index in [1.54, 1.807) is 0 Å². The summed E-state index contributed by atoms with van der Waals surface area (Å²) in [4.78, 5) is 14.7. The minimum atomic E-state index is 0.294. The molecule has 1 aromatic carbocycles. The van der Waals surface area contributed by atoms with Gasteiger partial charge in [0, 0.05) is 37.2 Å². The van der Waals surface area contributed by atoms with Gasteiger partial charge in [0.15, 0.2) is 11.5 Å². The fourth-order valence-electron chi connectivity index (χ4n) is 4.30. The average Bonchev–Trinajstić information content (AvgIpc) is 3.16. The highest BCUT2D eigenvalue weighted by atomic mass is 16.7. The van der Waals surface area contributed by atoms with Gasteiger partial charge in [-0.3, -0.25) is 4.79 Å². The van der Waals surface area contributed by atoms with Crippen molar-refractivity contribution in [3.63, 3.8) is 0 Å². The van der Waals surface area contributed by atoms with Crippen LogP contribution in [0, 0.1) is 5.92 Å². The lowest BCUT2D eigenvalue weighted by molar-refractivity contribution is -0.137. The third-order valence-corrected chi connectivity index (χ3v) is 5.82. The molecule has 0 unspecified atom stereocenters. The molecule has 1 aromatic rings. The van der Waals surface area contributed by atoms with Gasteiger partial charge in [-0.1, -0.05) is 31.4 Å². The second-order valence-corrected chi connectivity index (χ2v) is 7.47. The lowest BCUT2D eigenvalue weighted by Gasteiger charge is -2.35. The highest BCUT2D eigenvalue weighted by Gasteiger charge is 2.29. The predicted octanol–water partition coefficient (Wildman–Crippen LogP) is 3.08. The maximum absolute atomic E-state index is 12.6. The minimum absolute atomic E-state index is 0.294. The fourth-order valence-corrected chi connectivity index (χ4v) is 4.30. The van der Waals surface area contributed by atoms with Crippen LogP contribution in [0.25, 0.3) is 0 Å². The summed E-state index contributed by atoms with van der Waals surface area (Å²) in [5.74, 6) is 2.42. The van der Waals surface area contributed by atoms with E-state index in [0.29, 0.717) is 24.7 Å². The van der Waals surface area contributed by atoms with E-state index in [4.69, 9.17) is 9.47 Å². The summed E-state index contributed by atoms with van der Waals surface area (Å²) < 4.78 is 11.0. The van der Waals surface area contributed by atoms with Gasteiger partial charge in [-0.05, 0) is 31.7 Å². The van der Waals surface area contributed by atoms with E-state index in [1.165, 1.54) is 19.3 Å². The molecule has 3 aliphatic rings. The number of hydrogen-bond acceptors (Lipinski definition) is 4. The van der Waals surface area contributed by atoms with Crippen LogP contribution in [0.2, 0.25) is 0 Å². The Morgan fingerprint density at radius 1 is 1.08 bits per heavy atom. The number of piperidine rings is 1. The normalized spacial score (nSPS) is 21.5. The zero-order valence-corrected chi connectivity index (χ0v) is 14.8. The molecule has 1 N–H and O–H groups in total. The van der Waals surface area contributed by atoms with Gasteiger partial charge >= 0.3 is 0 Å². The largest absolute Gasteiger partial charge is 0.454 e. The van der Waals surface area contributed by atoms with Crippen molar-refractivity contribution in [3.8, 4) is 11.5 Å². The average molecular weight is 344 g/mol. The summed E-state index contributed by atoms with van der Waals surface area (Å²) >= 11 is 0. The van der Waals surface area contributed by atoms with Crippen molar-refractivity contribution in [2.24, 2.45) is 5.92 Å². The Hall–Kier alpha value is -1.75. The zero-order chi connectivity index (χ0) is 17.1. The van der Waals surface area contributed by atoms with E-state index in [9.17, 15) is 4.79 Å². The number of hydrogen-bond donors (Lipinski definition) is 1. The van der Waals surface area contributed by atoms with Crippen LogP contribution in [0.15, 0.2) is 18.2 Å². The van der Waals surface area contributed by atoms with Gasteiger partial charge in [-0.25, -0.2) is 0 Å². The van der Waals surface area contributed by atoms with Gasteiger partial charge < -0.3 is 19.7 Å². The number of nitrogens with one attached hydrogen (secondary N) is 1. The summed E-state index contributed by atoms with van der Waals surface area (Å²) in [6, 6.07) is 6.51. The molecule has 2 fully saturated rings. The molecule has 0 radical (unpaired) electrons. The van der Waals surface area contributed by atoms with E-state index in [0.717, 1.165) is 62.4 Å². The highest BCUT2D eigenvalue weighted by Crippen LogP contribution is 2.35. The third-order valence-electron chi connectivity index (χ3n) is 5.82. The van der Waals surface area contributed by atoms with Gasteiger partial charge in [0.2, 0.25) is 12.7 Å². The molecule has 1 saturated heterocycles. The number of fused-ring (bicyclic) bond motifs is 1. The summed E-state index contributed by atoms with van der Waals surface area (Å²) in [5, 5.41) is 3.63. The number of amides is 1. The van der Waals surface area contributed by atoms with Crippen LogP contribution in [0.5, 0.6) is 11.5 Å². The second-order valence-electron chi connectivity index (χ2n) is 7.47. The Labute approximate surface area is 149 Å². The van der Waals surface area contributed by atoms with Crippen LogP contribution in [0.4, 0.5) is 0 Å². The number of nitrogens with zero attached hydrogens (tertiary/aromatic N) is 1. The quantitative estimate of drug-likeness (QED) is 0.912. The zero-order valence-electron chi connectivity index (χ0n) is 14.8. The van der Waals surface area contributed by atoms with E-state index >= 15 is 0 Å². The summed E-state index contributed by atoms with van der Waals surface area (Å²) in [6.07, 6.45) is 8.00. The highest BCUT2D eigenvalue weighted by molar-refractivity contribution is 5.79. The number of ether oxygens (including phenoxy) is 2. The van der Waals surface area contributed by atoms with Gasteiger partial charge in [0.05, 0.1) is 0 Å². The van der Waals surface area contributed by atoms with E-state index in [2.05, 4.69) is 16.3 Å². The first-order valence-corrected chi connectivity index (χ1v) is 9.71. The summed E-state index contributed by atoms with van der Waals surface area (Å²) in [6.45, 7) is 2.88. The number of likely N-dealkylation sites (tertiary alicyclic amines) is 1. The molecule has 1 aliphatic carbocycles. The molecule has 1 amide bonds. The summed E-state index contributed by atoms with van der Waals surface area (Å²) in [7, 11) is 0. The smallest absolute Gasteiger partial charge is 0.231 e. The number of carbonyl (C=O) groups is 1. The van der Waals surface area contributed by atoms with Gasteiger partial charge in [-0.15, -0.1) is 0 Å². The molecule has 5 nitrogen and oxygen atoms in total. The minimum Gasteiger partial charge on any atom is -0.454 e. The van der Waals surface area contributed by atoms with E-state index < -0.39 is 0 Å². The van der Waals surface area contributed by atoms with Gasteiger partial charge in [-0.2, -0.15) is 0 Å². The molecule has 1 saturated carbocycles. The lowest BCUT2D eigenvalue weighted by Crippen LogP contribution is -2.46. The van der Waals surface area contributed by atoms with Gasteiger partial charge in [0.25, 0.3) is 0 Å². The molecule has 0 bridgehead atoms. The van der Waals surface area contributed by atoms with Crippen molar-refractivity contribution in [3.05, 3.63) is 23.8 Å². The SMILES string of the molecule is O=C(C1CCCCC1)N1CCC(NCc2cccc3c2OCO3)CC1. The molecule has 2 heterocycles. The standard InChI is InChI=1S/C20H28N2O3/c23-20(15-5-2-1-3-6-15)22-11-9-17(10-12-22)21-13-16-7-4-8-18-19(16)25-14-24-18/h4,7-8,15,17,21H,1-3,5-6,9-14H2. The van der Waals surface area contributed by atoms with E-state index in [-0.39, 0.29) is 0 Å². The molecule has 5 heteroatoms. The molecular formula is C20H28N2O3. The van der Waals surface area contributed by atoms with E-state index in [1.807, 2.05) is 12.1 Å². The van der Waals surface area contributed by atoms with Crippen LogP contribution in [-0.2, 0) is 11.3 Å². The second kappa shape index (κ2) is 7.65. The van der Waals surface area contributed by atoms with Crippen molar-refractivity contribution in [2.75, 3.05) is 19.9 Å². The molecule has 2 aliphatic heterocycles. The van der Waals surface area contributed by atoms with Crippen molar-refractivity contribution in [2.45, 2.75) is 57.5 Å². The molecule has 0 spiro atoms. The Bertz CT molecular complexity index is 605. The topological polar surface area (TPSA) is 50.8 Å². The first-order valence-electron chi connectivity index (χ1n) is 9.71. The molecule has 136 valence electrons. The van der Waals surface area contributed by atoms with Crippen molar-refractivity contribution in [1.29, 1.82) is 0 Å². The number of para-hydroxylation sites is 1. The first-order chi connectivity index (χ1) is 12.3. The molecular weight excluding hydrogens is 316 g/mol. The predicted molar refractivity (Wildman–Crippen MR) is 95.6 cm³/mol. The van der Waals surface area contributed by atoms with Crippen LogP contribution >= 0.6 is 0 Å². The van der Waals surface area contributed by atoms with Crippen molar-refractivity contribution >= 4 is 5.91 Å². The molecule has 0 aromatic heterocycles. The molecule has 4 rings (SSSR count).